The fraction of sp³-hybridized carbons (Fsp3) is 0.333. The molecule has 17 heavy (non-hydrogen) atoms. The van der Waals surface area contributed by atoms with E-state index >= 15 is 0 Å². The average Bonchev–Trinajstić information content (AvgIpc) is 2.79. The first kappa shape index (κ1) is 11.6. The van der Waals surface area contributed by atoms with Gasteiger partial charge in [-0.15, -0.1) is 10.2 Å². The Kier molecular flexibility index (Phi) is 3.39. The molecule has 2 rings (SSSR count). The molecule has 1 aromatic heterocycles. The zero-order chi connectivity index (χ0) is 12.3. The second kappa shape index (κ2) is 4.97. The van der Waals surface area contributed by atoms with Crippen molar-refractivity contribution in [1.82, 2.24) is 15.5 Å². The lowest BCUT2D eigenvalue weighted by Crippen LogP contribution is -2.11. The summed E-state index contributed by atoms with van der Waals surface area (Å²) >= 11 is 0. The third kappa shape index (κ3) is 2.62. The number of nitrogens with zero attached hydrogens (tertiary/aromatic N) is 2. The molecular weight excluding hydrogens is 218 g/mol. The zero-order valence-electron chi connectivity index (χ0n) is 9.90. The van der Waals surface area contributed by atoms with Crippen molar-refractivity contribution in [2.45, 2.75) is 20.4 Å². The summed E-state index contributed by atoms with van der Waals surface area (Å²) in [5.41, 5.74) is 1.55. The van der Waals surface area contributed by atoms with E-state index in [9.17, 15) is 5.11 Å². The average molecular weight is 233 g/mol. The van der Waals surface area contributed by atoms with Crippen molar-refractivity contribution in [3.63, 3.8) is 0 Å². The van der Waals surface area contributed by atoms with Gasteiger partial charge in [-0.05, 0) is 31.2 Å². The Morgan fingerprint density at radius 2 is 2.18 bits per heavy atom. The minimum Gasteiger partial charge on any atom is -0.508 e. The van der Waals surface area contributed by atoms with Gasteiger partial charge in [0.1, 0.15) is 5.75 Å². The van der Waals surface area contributed by atoms with Gasteiger partial charge in [-0.25, -0.2) is 0 Å². The molecule has 0 radical (unpaired) electrons. The van der Waals surface area contributed by atoms with Crippen LogP contribution in [0.5, 0.6) is 5.75 Å². The van der Waals surface area contributed by atoms with Gasteiger partial charge in [-0.3, -0.25) is 0 Å². The molecule has 1 heterocycles. The molecule has 0 atom stereocenters. The van der Waals surface area contributed by atoms with Gasteiger partial charge in [-0.1, -0.05) is 13.0 Å². The van der Waals surface area contributed by atoms with Gasteiger partial charge in [0, 0.05) is 5.56 Å². The van der Waals surface area contributed by atoms with Crippen LogP contribution in [0, 0.1) is 6.92 Å². The topological polar surface area (TPSA) is 71.2 Å². The Bertz CT molecular complexity index is 508. The van der Waals surface area contributed by atoms with E-state index < -0.39 is 0 Å². The summed E-state index contributed by atoms with van der Waals surface area (Å²) in [6.45, 7) is 5.25. The van der Waals surface area contributed by atoms with Crippen molar-refractivity contribution in [3.8, 4) is 17.2 Å². The van der Waals surface area contributed by atoms with E-state index in [1.54, 1.807) is 6.07 Å². The van der Waals surface area contributed by atoms with Crippen molar-refractivity contribution in [3.05, 3.63) is 29.7 Å². The van der Waals surface area contributed by atoms with Gasteiger partial charge in [0.2, 0.25) is 11.8 Å². The van der Waals surface area contributed by atoms with Crippen molar-refractivity contribution >= 4 is 0 Å². The Hall–Kier alpha value is -1.88. The van der Waals surface area contributed by atoms with E-state index in [2.05, 4.69) is 15.5 Å². The van der Waals surface area contributed by atoms with E-state index in [1.165, 1.54) is 0 Å². The first-order valence-corrected chi connectivity index (χ1v) is 5.53. The molecule has 0 aliphatic rings. The predicted molar refractivity (Wildman–Crippen MR) is 63.5 cm³/mol. The van der Waals surface area contributed by atoms with Crippen molar-refractivity contribution < 1.29 is 9.52 Å². The van der Waals surface area contributed by atoms with Crippen LogP contribution in [-0.2, 0) is 6.54 Å². The van der Waals surface area contributed by atoms with Gasteiger partial charge >= 0.3 is 0 Å². The molecule has 0 fully saturated rings. The third-order valence-electron chi connectivity index (χ3n) is 2.45. The molecule has 0 amide bonds. The summed E-state index contributed by atoms with van der Waals surface area (Å²) in [5, 5.41) is 20.6. The molecule has 90 valence electrons. The Balaban J connectivity index is 2.21. The summed E-state index contributed by atoms with van der Waals surface area (Å²) in [5.74, 6) is 1.20. The molecule has 0 bridgehead atoms. The molecular formula is C12H15N3O2. The van der Waals surface area contributed by atoms with Crippen LogP contribution in [0.2, 0.25) is 0 Å². The van der Waals surface area contributed by atoms with Crippen LogP contribution in [0.15, 0.2) is 22.6 Å². The maximum absolute atomic E-state index is 9.61. The lowest BCUT2D eigenvalue weighted by molar-refractivity contribution is 0.468. The number of phenols is 1. The summed E-state index contributed by atoms with van der Waals surface area (Å²) < 4.78 is 5.47. The first-order chi connectivity index (χ1) is 8.20. The molecule has 5 nitrogen and oxygen atoms in total. The number of hydrogen-bond acceptors (Lipinski definition) is 5. The maximum Gasteiger partial charge on any atom is 0.247 e. The molecule has 2 N–H and O–H groups in total. The maximum atomic E-state index is 9.61. The highest BCUT2D eigenvalue weighted by molar-refractivity contribution is 5.56. The van der Waals surface area contributed by atoms with E-state index in [-0.39, 0.29) is 5.75 Å². The number of aromatic nitrogens is 2. The Labute approximate surface area is 99.5 Å². The van der Waals surface area contributed by atoms with E-state index in [1.807, 2.05) is 26.0 Å². The van der Waals surface area contributed by atoms with Crippen LogP contribution in [0.1, 0.15) is 18.4 Å². The van der Waals surface area contributed by atoms with E-state index in [0.717, 1.165) is 17.7 Å². The molecule has 1 aromatic carbocycles. The minimum absolute atomic E-state index is 0.230. The number of nitrogens with one attached hydrogen (secondary N) is 1. The van der Waals surface area contributed by atoms with E-state index in [0.29, 0.717) is 18.3 Å². The smallest absolute Gasteiger partial charge is 0.247 e. The number of aryl methyl sites for hydroxylation is 1. The molecule has 5 heteroatoms. The quantitative estimate of drug-likeness (QED) is 0.843. The third-order valence-corrected chi connectivity index (χ3v) is 2.45. The van der Waals surface area contributed by atoms with Crippen molar-refractivity contribution in [1.29, 1.82) is 0 Å². The lowest BCUT2D eigenvalue weighted by atomic mass is 10.1. The number of rotatable bonds is 4. The standard InChI is InChI=1S/C12H15N3O2/c1-3-13-7-11-14-15-12(17-11)9-5-4-8(2)10(16)6-9/h4-6,13,16H,3,7H2,1-2H3. The first-order valence-electron chi connectivity index (χ1n) is 5.53. The summed E-state index contributed by atoms with van der Waals surface area (Å²) in [4.78, 5) is 0. The highest BCUT2D eigenvalue weighted by Crippen LogP contribution is 2.24. The summed E-state index contributed by atoms with van der Waals surface area (Å²) in [6.07, 6.45) is 0. The molecule has 0 saturated carbocycles. The zero-order valence-corrected chi connectivity index (χ0v) is 9.90. The van der Waals surface area contributed by atoms with Gasteiger partial charge in [-0.2, -0.15) is 0 Å². The monoisotopic (exact) mass is 233 g/mol. The minimum atomic E-state index is 0.230. The fourth-order valence-corrected chi connectivity index (χ4v) is 1.42. The summed E-state index contributed by atoms with van der Waals surface area (Å²) in [6, 6.07) is 5.29. The Morgan fingerprint density at radius 1 is 1.35 bits per heavy atom. The Morgan fingerprint density at radius 3 is 2.88 bits per heavy atom. The van der Waals surface area contributed by atoms with Crippen molar-refractivity contribution in [2.24, 2.45) is 0 Å². The highest BCUT2D eigenvalue weighted by Gasteiger charge is 2.09. The summed E-state index contributed by atoms with van der Waals surface area (Å²) in [7, 11) is 0. The normalized spacial score (nSPS) is 10.7. The predicted octanol–water partition coefficient (Wildman–Crippen LogP) is 1.86. The van der Waals surface area contributed by atoms with Crippen LogP contribution in [-0.4, -0.2) is 21.8 Å². The number of benzene rings is 1. The SMILES string of the molecule is CCNCc1nnc(-c2ccc(C)c(O)c2)o1. The molecule has 0 aliphatic heterocycles. The number of phenolic OH excluding ortho intramolecular Hbond substituents is 1. The lowest BCUT2D eigenvalue weighted by Gasteiger charge is -1.99. The second-order valence-corrected chi connectivity index (χ2v) is 3.78. The number of aromatic hydroxyl groups is 1. The molecule has 0 unspecified atom stereocenters. The van der Waals surface area contributed by atoms with Gasteiger partial charge in [0.05, 0.1) is 6.54 Å². The van der Waals surface area contributed by atoms with Crippen LogP contribution in [0.4, 0.5) is 0 Å². The molecule has 0 spiro atoms. The molecule has 0 saturated heterocycles. The van der Waals surface area contributed by atoms with Crippen LogP contribution >= 0.6 is 0 Å². The largest absolute Gasteiger partial charge is 0.508 e. The fourth-order valence-electron chi connectivity index (χ4n) is 1.42. The van der Waals surface area contributed by atoms with Crippen LogP contribution in [0.3, 0.4) is 0 Å². The van der Waals surface area contributed by atoms with E-state index in [4.69, 9.17) is 4.42 Å². The van der Waals surface area contributed by atoms with Gasteiger partial charge in [0.25, 0.3) is 0 Å². The van der Waals surface area contributed by atoms with Gasteiger partial charge < -0.3 is 14.8 Å². The van der Waals surface area contributed by atoms with Crippen LogP contribution < -0.4 is 5.32 Å². The van der Waals surface area contributed by atoms with Crippen LogP contribution in [0.25, 0.3) is 11.5 Å². The van der Waals surface area contributed by atoms with Gasteiger partial charge in [0.15, 0.2) is 0 Å². The number of hydrogen-bond donors (Lipinski definition) is 2. The molecule has 0 aliphatic carbocycles. The molecule has 2 aromatic rings. The second-order valence-electron chi connectivity index (χ2n) is 3.78. The van der Waals surface area contributed by atoms with Crippen molar-refractivity contribution in [2.75, 3.05) is 6.54 Å². The highest BCUT2D eigenvalue weighted by atomic mass is 16.4.